The Kier molecular flexibility index (Phi) is 4.78. The first kappa shape index (κ1) is 18.7. The van der Waals surface area contributed by atoms with Crippen molar-refractivity contribution in [3.8, 4) is 0 Å². The third-order valence-electron chi connectivity index (χ3n) is 6.20. The fraction of sp³-hybridized carbons (Fsp3) is 0.409. The van der Waals surface area contributed by atoms with Gasteiger partial charge in [-0.25, -0.2) is 9.98 Å². The number of benzene rings is 1. The van der Waals surface area contributed by atoms with E-state index >= 15 is 0 Å². The predicted octanol–water partition coefficient (Wildman–Crippen LogP) is 1.31. The minimum atomic E-state index is -0.0917. The van der Waals surface area contributed by atoms with Crippen LogP contribution in [0.2, 0.25) is 0 Å². The van der Waals surface area contributed by atoms with Crippen LogP contribution in [-0.2, 0) is 4.74 Å². The maximum absolute atomic E-state index is 5.47. The number of pyridine rings is 1. The molecule has 0 amide bonds. The molecule has 2 aromatic heterocycles. The number of nitrogens with zero attached hydrogens (tertiary/aromatic N) is 7. The fourth-order valence-corrected chi connectivity index (χ4v) is 4.53. The molecule has 1 saturated heterocycles. The zero-order valence-electron chi connectivity index (χ0n) is 17.4. The molecule has 0 aliphatic carbocycles. The van der Waals surface area contributed by atoms with Crippen LogP contribution in [0.15, 0.2) is 53.8 Å². The first-order chi connectivity index (χ1) is 15.4. The van der Waals surface area contributed by atoms with E-state index in [0.717, 1.165) is 74.6 Å². The van der Waals surface area contributed by atoms with Crippen LogP contribution >= 0.6 is 0 Å². The number of para-hydroxylation sites is 2. The van der Waals surface area contributed by atoms with E-state index in [1.165, 1.54) is 0 Å². The lowest BCUT2D eigenvalue weighted by atomic mass is 10.2. The van der Waals surface area contributed by atoms with Gasteiger partial charge >= 0.3 is 0 Å². The Labute approximate surface area is 180 Å². The Hall–Kier alpha value is -3.01. The van der Waals surface area contributed by atoms with Gasteiger partial charge in [-0.1, -0.05) is 18.2 Å². The summed E-state index contributed by atoms with van der Waals surface area (Å²) >= 11 is 0. The van der Waals surface area contributed by atoms with Crippen LogP contribution in [0.1, 0.15) is 11.7 Å². The first-order valence-corrected chi connectivity index (χ1v) is 10.8. The van der Waals surface area contributed by atoms with Crippen LogP contribution in [0, 0.1) is 0 Å². The minimum Gasteiger partial charge on any atom is -0.379 e. The first-order valence-electron chi connectivity index (χ1n) is 10.8. The van der Waals surface area contributed by atoms with E-state index < -0.39 is 0 Å². The largest absolute Gasteiger partial charge is 0.379 e. The molecule has 0 saturated carbocycles. The highest BCUT2D eigenvalue weighted by atomic mass is 16.5. The van der Waals surface area contributed by atoms with Crippen molar-refractivity contribution >= 4 is 22.9 Å². The Balaban J connectivity index is 1.32. The fourth-order valence-electron chi connectivity index (χ4n) is 4.53. The standard InChI is InChI=1S/C22H26N8O/c1-2-6-19-18(5-1)25-22-29-16-28(9-8-27-10-12-31-13-11-27)15-24-21(29)26-20(30(19)22)17-4-3-7-23-14-17/h1-7,14,20H,8-13,15-16H2,(H,24,26)/t20-/m1/s1. The Bertz CT molecular complexity index is 1090. The van der Waals surface area contributed by atoms with Gasteiger partial charge in [0.2, 0.25) is 11.9 Å². The molecule has 0 radical (unpaired) electrons. The van der Waals surface area contributed by atoms with Crippen molar-refractivity contribution in [1.82, 2.24) is 29.7 Å². The van der Waals surface area contributed by atoms with E-state index in [-0.39, 0.29) is 6.17 Å². The summed E-state index contributed by atoms with van der Waals surface area (Å²) in [4.78, 5) is 21.2. The maximum atomic E-state index is 5.47. The monoisotopic (exact) mass is 418 g/mol. The number of anilines is 1. The van der Waals surface area contributed by atoms with Crippen molar-refractivity contribution in [1.29, 1.82) is 0 Å². The molecule has 160 valence electrons. The second-order valence-electron chi connectivity index (χ2n) is 8.14. The molecule has 3 aliphatic rings. The van der Waals surface area contributed by atoms with Gasteiger partial charge in [0, 0.05) is 44.1 Å². The molecule has 1 fully saturated rings. The molecule has 1 N–H and O–H groups in total. The van der Waals surface area contributed by atoms with E-state index in [0.29, 0.717) is 6.67 Å². The second-order valence-corrected chi connectivity index (χ2v) is 8.14. The maximum Gasteiger partial charge on any atom is 0.216 e. The number of fused-ring (bicyclic) bond motifs is 5. The lowest BCUT2D eigenvalue weighted by Crippen LogP contribution is -2.58. The lowest BCUT2D eigenvalue weighted by Gasteiger charge is -2.42. The van der Waals surface area contributed by atoms with Crippen molar-refractivity contribution in [2.75, 3.05) is 57.6 Å². The number of hydrogen-bond donors (Lipinski definition) is 1. The zero-order chi connectivity index (χ0) is 20.6. The second kappa shape index (κ2) is 7.92. The average Bonchev–Trinajstić information content (AvgIpc) is 3.23. The van der Waals surface area contributed by atoms with Gasteiger partial charge in [0.25, 0.3) is 0 Å². The third-order valence-corrected chi connectivity index (χ3v) is 6.20. The highest BCUT2D eigenvalue weighted by molar-refractivity contribution is 5.98. The van der Waals surface area contributed by atoms with E-state index in [2.05, 4.69) is 53.8 Å². The number of morpholine rings is 1. The van der Waals surface area contributed by atoms with E-state index in [9.17, 15) is 0 Å². The minimum absolute atomic E-state index is 0.0917. The summed E-state index contributed by atoms with van der Waals surface area (Å²) in [5, 5.41) is 3.64. The Morgan fingerprint density at radius 1 is 1.03 bits per heavy atom. The van der Waals surface area contributed by atoms with Crippen LogP contribution in [-0.4, -0.2) is 83.0 Å². The van der Waals surface area contributed by atoms with Crippen LogP contribution in [0.4, 0.5) is 5.95 Å². The number of aromatic nitrogens is 3. The van der Waals surface area contributed by atoms with Gasteiger partial charge in [0.05, 0.1) is 37.6 Å². The van der Waals surface area contributed by atoms with Gasteiger partial charge in [-0.3, -0.25) is 24.3 Å². The van der Waals surface area contributed by atoms with Crippen LogP contribution in [0.25, 0.3) is 11.0 Å². The molecule has 0 spiro atoms. The number of ether oxygens (including phenoxy) is 1. The molecule has 1 aromatic carbocycles. The van der Waals surface area contributed by atoms with Crippen molar-refractivity contribution in [3.63, 3.8) is 0 Å². The quantitative estimate of drug-likeness (QED) is 0.685. The van der Waals surface area contributed by atoms with Crippen molar-refractivity contribution in [2.45, 2.75) is 6.17 Å². The van der Waals surface area contributed by atoms with E-state index in [4.69, 9.17) is 14.7 Å². The SMILES string of the molecule is c1cncc([C@@H]2NC3=NCN(CCN4CCOCC4)CN3c3nc4ccccc4n32)c1. The van der Waals surface area contributed by atoms with Crippen molar-refractivity contribution < 1.29 is 4.74 Å². The summed E-state index contributed by atoms with van der Waals surface area (Å²) in [7, 11) is 0. The molecule has 3 aromatic rings. The highest BCUT2D eigenvalue weighted by Crippen LogP contribution is 2.33. The zero-order valence-corrected chi connectivity index (χ0v) is 17.4. The van der Waals surface area contributed by atoms with Crippen LogP contribution < -0.4 is 10.2 Å². The van der Waals surface area contributed by atoms with E-state index in [1.807, 2.05) is 18.3 Å². The molecule has 0 bridgehead atoms. The number of imidazole rings is 1. The topological polar surface area (TPSA) is 74.1 Å². The number of guanidine groups is 1. The van der Waals surface area contributed by atoms with E-state index in [1.54, 1.807) is 6.20 Å². The predicted molar refractivity (Wildman–Crippen MR) is 119 cm³/mol. The molecule has 3 aliphatic heterocycles. The van der Waals surface area contributed by atoms with Gasteiger partial charge < -0.3 is 10.1 Å². The van der Waals surface area contributed by atoms with Crippen LogP contribution in [0.5, 0.6) is 0 Å². The molecule has 6 rings (SSSR count). The Morgan fingerprint density at radius 2 is 1.90 bits per heavy atom. The summed E-state index contributed by atoms with van der Waals surface area (Å²) in [6, 6.07) is 12.4. The summed E-state index contributed by atoms with van der Waals surface area (Å²) in [5.41, 5.74) is 3.17. The average molecular weight is 419 g/mol. The molecule has 5 heterocycles. The summed E-state index contributed by atoms with van der Waals surface area (Å²) in [6.07, 6.45) is 3.62. The smallest absolute Gasteiger partial charge is 0.216 e. The molecular formula is C22H26N8O. The summed E-state index contributed by atoms with van der Waals surface area (Å²) < 4.78 is 7.73. The number of hydrogen-bond acceptors (Lipinski definition) is 8. The third kappa shape index (κ3) is 3.44. The lowest BCUT2D eigenvalue weighted by molar-refractivity contribution is 0.0334. The Morgan fingerprint density at radius 3 is 2.77 bits per heavy atom. The van der Waals surface area contributed by atoms with Gasteiger partial charge in [-0.15, -0.1) is 0 Å². The summed E-state index contributed by atoms with van der Waals surface area (Å²) in [5.74, 6) is 1.79. The molecule has 0 unspecified atom stereocenters. The van der Waals surface area contributed by atoms with Gasteiger partial charge in [0.1, 0.15) is 6.17 Å². The van der Waals surface area contributed by atoms with Crippen LogP contribution in [0.3, 0.4) is 0 Å². The molecule has 31 heavy (non-hydrogen) atoms. The molecular weight excluding hydrogens is 392 g/mol. The normalized spacial score (nSPS) is 22.0. The number of nitrogens with one attached hydrogen (secondary N) is 1. The molecule has 9 nitrogen and oxygen atoms in total. The summed E-state index contributed by atoms with van der Waals surface area (Å²) in [6.45, 7) is 7.13. The number of aliphatic imine (C=N–C) groups is 1. The van der Waals surface area contributed by atoms with Gasteiger partial charge in [-0.2, -0.15) is 0 Å². The molecule has 9 heteroatoms. The number of rotatable bonds is 4. The molecule has 1 atom stereocenters. The van der Waals surface area contributed by atoms with Gasteiger partial charge in [-0.05, 0) is 18.2 Å². The highest BCUT2D eigenvalue weighted by Gasteiger charge is 2.35. The van der Waals surface area contributed by atoms with Crippen molar-refractivity contribution in [2.24, 2.45) is 4.99 Å². The van der Waals surface area contributed by atoms with Gasteiger partial charge in [0.15, 0.2) is 0 Å². The van der Waals surface area contributed by atoms with Crippen molar-refractivity contribution in [3.05, 3.63) is 54.4 Å².